The number of carbonyl (C=O) groups excluding carboxylic acids is 1. The third-order valence-electron chi connectivity index (χ3n) is 3.62. The molecule has 3 heteroatoms. The average molecular weight is 323 g/mol. The second kappa shape index (κ2) is 10.4. The second-order valence-electron chi connectivity index (χ2n) is 5.74. The second-order valence-corrected chi connectivity index (χ2v) is 5.74. The molecule has 0 saturated carbocycles. The lowest BCUT2D eigenvalue weighted by Crippen LogP contribution is -2.22. The van der Waals surface area contributed by atoms with Crippen molar-refractivity contribution in [1.82, 2.24) is 4.90 Å². The Morgan fingerprint density at radius 3 is 1.96 bits per heavy atom. The predicted octanol–water partition coefficient (Wildman–Crippen LogP) is 4.20. The van der Waals surface area contributed by atoms with E-state index >= 15 is 0 Å². The minimum absolute atomic E-state index is 0.224. The van der Waals surface area contributed by atoms with Crippen LogP contribution in [-0.4, -0.2) is 24.0 Å². The molecule has 3 nitrogen and oxygen atoms in total. The molecule has 0 aliphatic heterocycles. The van der Waals surface area contributed by atoms with Crippen molar-refractivity contribution in [2.45, 2.75) is 26.4 Å². The molecule has 0 radical (unpaired) electrons. The standard InChI is InChI=1S/C21H25NO2/c1-19(23)24-16-10-4-9-15-22(17-20-11-5-2-6-12-20)18-21-13-7-3-8-14-21/h2-9,11-14H,10,15-18H2,1H3. The van der Waals surface area contributed by atoms with Crippen molar-refractivity contribution >= 4 is 5.97 Å². The highest BCUT2D eigenvalue weighted by Gasteiger charge is 2.05. The summed E-state index contributed by atoms with van der Waals surface area (Å²) in [5.41, 5.74) is 2.61. The van der Waals surface area contributed by atoms with Gasteiger partial charge in [0.25, 0.3) is 0 Å². The summed E-state index contributed by atoms with van der Waals surface area (Å²) in [5.74, 6) is -0.224. The van der Waals surface area contributed by atoms with E-state index in [0.29, 0.717) is 6.61 Å². The largest absolute Gasteiger partial charge is 0.466 e. The molecule has 0 unspecified atom stereocenters. The third kappa shape index (κ3) is 7.25. The van der Waals surface area contributed by atoms with Gasteiger partial charge in [-0.25, -0.2) is 0 Å². The molecule has 0 aliphatic rings. The fourth-order valence-corrected chi connectivity index (χ4v) is 2.48. The van der Waals surface area contributed by atoms with Crippen LogP contribution >= 0.6 is 0 Å². The van der Waals surface area contributed by atoms with E-state index in [0.717, 1.165) is 26.1 Å². The highest BCUT2D eigenvalue weighted by atomic mass is 16.5. The third-order valence-corrected chi connectivity index (χ3v) is 3.62. The van der Waals surface area contributed by atoms with Gasteiger partial charge < -0.3 is 4.74 Å². The first-order valence-electron chi connectivity index (χ1n) is 8.32. The van der Waals surface area contributed by atoms with Gasteiger partial charge in [-0.3, -0.25) is 9.69 Å². The van der Waals surface area contributed by atoms with Crippen molar-refractivity contribution in [2.24, 2.45) is 0 Å². The van der Waals surface area contributed by atoms with Crippen LogP contribution in [0.4, 0.5) is 0 Å². The minimum atomic E-state index is -0.224. The van der Waals surface area contributed by atoms with Crippen LogP contribution in [0.5, 0.6) is 0 Å². The first-order chi connectivity index (χ1) is 11.7. The normalized spacial score (nSPS) is 11.1. The van der Waals surface area contributed by atoms with Gasteiger partial charge in [0.2, 0.25) is 0 Å². The van der Waals surface area contributed by atoms with Gasteiger partial charge in [0.15, 0.2) is 0 Å². The van der Waals surface area contributed by atoms with E-state index in [1.165, 1.54) is 18.1 Å². The first-order valence-corrected chi connectivity index (χ1v) is 8.32. The molecule has 0 amide bonds. The maximum absolute atomic E-state index is 10.7. The minimum Gasteiger partial charge on any atom is -0.466 e. The highest BCUT2D eigenvalue weighted by Crippen LogP contribution is 2.10. The summed E-state index contributed by atoms with van der Waals surface area (Å²) in [6, 6.07) is 21.0. The molecule has 0 atom stereocenters. The zero-order valence-electron chi connectivity index (χ0n) is 14.2. The zero-order valence-corrected chi connectivity index (χ0v) is 14.2. The number of esters is 1. The van der Waals surface area contributed by atoms with Crippen molar-refractivity contribution in [3.8, 4) is 0 Å². The summed E-state index contributed by atoms with van der Waals surface area (Å²) in [5, 5.41) is 0. The molecule has 2 rings (SSSR count). The number of ether oxygens (including phenoxy) is 1. The average Bonchev–Trinajstić information content (AvgIpc) is 2.59. The van der Waals surface area contributed by atoms with E-state index in [1.807, 2.05) is 12.1 Å². The molecule has 2 aromatic carbocycles. The summed E-state index contributed by atoms with van der Waals surface area (Å²) >= 11 is 0. The summed E-state index contributed by atoms with van der Waals surface area (Å²) < 4.78 is 4.94. The molecule has 0 spiro atoms. The van der Waals surface area contributed by atoms with Gasteiger partial charge in [0, 0.05) is 26.6 Å². The maximum atomic E-state index is 10.7. The topological polar surface area (TPSA) is 29.5 Å². The molecule has 0 saturated heterocycles. The number of benzene rings is 2. The SMILES string of the molecule is CC(=O)OCCC=CCN(Cc1ccccc1)Cc1ccccc1. The highest BCUT2D eigenvalue weighted by molar-refractivity contribution is 5.65. The van der Waals surface area contributed by atoms with Crippen LogP contribution < -0.4 is 0 Å². The van der Waals surface area contributed by atoms with Gasteiger partial charge in [-0.1, -0.05) is 72.8 Å². The molecule has 24 heavy (non-hydrogen) atoms. The van der Waals surface area contributed by atoms with Gasteiger partial charge in [-0.15, -0.1) is 0 Å². The van der Waals surface area contributed by atoms with Gasteiger partial charge in [-0.2, -0.15) is 0 Å². The van der Waals surface area contributed by atoms with Gasteiger partial charge >= 0.3 is 5.97 Å². The Balaban J connectivity index is 1.89. The van der Waals surface area contributed by atoms with Gasteiger partial charge in [0.1, 0.15) is 0 Å². The number of hydrogen-bond acceptors (Lipinski definition) is 3. The van der Waals surface area contributed by atoms with Crippen LogP contribution in [0.25, 0.3) is 0 Å². The summed E-state index contributed by atoms with van der Waals surface area (Å²) in [6.07, 6.45) is 4.98. The molecular weight excluding hydrogens is 298 g/mol. The Kier molecular flexibility index (Phi) is 7.78. The maximum Gasteiger partial charge on any atom is 0.302 e. The lowest BCUT2D eigenvalue weighted by molar-refractivity contribution is -0.140. The van der Waals surface area contributed by atoms with Gasteiger partial charge in [-0.05, 0) is 17.5 Å². The summed E-state index contributed by atoms with van der Waals surface area (Å²) in [7, 11) is 0. The zero-order chi connectivity index (χ0) is 17.0. The van der Waals surface area contributed by atoms with E-state index in [9.17, 15) is 4.79 Å². The fraction of sp³-hybridized carbons (Fsp3) is 0.286. The molecule has 0 N–H and O–H groups in total. The monoisotopic (exact) mass is 323 g/mol. The van der Waals surface area contributed by atoms with Crippen LogP contribution in [0.15, 0.2) is 72.8 Å². The Bertz CT molecular complexity index is 581. The molecule has 126 valence electrons. The molecule has 0 heterocycles. The number of hydrogen-bond donors (Lipinski definition) is 0. The molecule has 0 fully saturated rings. The van der Waals surface area contributed by atoms with Crippen molar-refractivity contribution < 1.29 is 9.53 Å². The van der Waals surface area contributed by atoms with E-state index in [1.54, 1.807) is 0 Å². The van der Waals surface area contributed by atoms with Crippen LogP contribution in [0.3, 0.4) is 0 Å². The summed E-state index contributed by atoms with van der Waals surface area (Å²) in [6.45, 7) is 4.56. The first kappa shape index (κ1) is 18.0. The Morgan fingerprint density at radius 2 is 1.46 bits per heavy atom. The van der Waals surface area contributed by atoms with Crippen molar-refractivity contribution in [2.75, 3.05) is 13.2 Å². The van der Waals surface area contributed by atoms with Crippen molar-refractivity contribution in [3.63, 3.8) is 0 Å². The van der Waals surface area contributed by atoms with Crippen LogP contribution in [-0.2, 0) is 22.6 Å². The van der Waals surface area contributed by atoms with E-state index in [2.05, 4.69) is 65.6 Å². The van der Waals surface area contributed by atoms with E-state index in [4.69, 9.17) is 4.74 Å². The van der Waals surface area contributed by atoms with E-state index in [-0.39, 0.29) is 5.97 Å². The lowest BCUT2D eigenvalue weighted by atomic mass is 10.1. The Morgan fingerprint density at radius 1 is 0.917 bits per heavy atom. The molecule has 0 bridgehead atoms. The number of carbonyl (C=O) groups is 1. The van der Waals surface area contributed by atoms with Crippen molar-refractivity contribution in [1.29, 1.82) is 0 Å². The number of rotatable bonds is 9. The van der Waals surface area contributed by atoms with E-state index < -0.39 is 0 Å². The number of nitrogens with zero attached hydrogens (tertiary/aromatic N) is 1. The van der Waals surface area contributed by atoms with Crippen LogP contribution in [0.1, 0.15) is 24.5 Å². The van der Waals surface area contributed by atoms with Gasteiger partial charge in [0.05, 0.1) is 6.61 Å². The Hall–Kier alpha value is -2.39. The van der Waals surface area contributed by atoms with Crippen LogP contribution in [0, 0.1) is 0 Å². The Labute approximate surface area is 144 Å². The smallest absolute Gasteiger partial charge is 0.302 e. The van der Waals surface area contributed by atoms with Crippen molar-refractivity contribution in [3.05, 3.63) is 83.9 Å². The lowest BCUT2D eigenvalue weighted by Gasteiger charge is -2.21. The summed E-state index contributed by atoms with van der Waals surface area (Å²) in [4.78, 5) is 13.1. The fourth-order valence-electron chi connectivity index (χ4n) is 2.48. The molecule has 0 aliphatic carbocycles. The molecular formula is C21H25NO2. The van der Waals surface area contributed by atoms with Crippen LogP contribution in [0.2, 0.25) is 0 Å². The quantitative estimate of drug-likeness (QED) is 0.393. The predicted molar refractivity (Wildman–Crippen MR) is 97.4 cm³/mol. The molecule has 2 aromatic rings. The molecule has 0 aromatic heterocycles.